The fourth-order valence-electron chi connectivity index (χ4n) is 2.52. The van der Waals surface area contributed by atoms with Gasteiger partial charge in [0.05, 0.1) is 7.11 Å². The summed E-state index contributed by atoms with van der Waals surface area (Å²) in [4.78, 5) is 41.0. The lowest BCUT2D eigenvalue weighted by molar-refractivity contribution is -0.144. The Morgan fingerprint density at radius 3 is 2.38 bits per heavy atom. The molecule has 0 aliphatic rings. The highest BCUT2D eigenvalue weighted by Gasteiger charge is 2.27. The zero-order valence-electron chi connectivity index (χ0n) is 15.1. The fourth-order valence-corrected chi connectivity index (χ4v) is 2.52. The Kier molecular flexibility index (Phi) is 6.60. The van der Waals surface area contributed by atoms with Crippen LogP contribution in [0.2, 0.25) is 0 Å². The fraction of sp³-hybridized carbons (Fsp3) is 0.300. The van der Waals surface area contributed by atoms with Crippen LogP contribution in [0.4, 0.5) is 0 Å². The Morgan fingerprint density at radius 2 is 1.77 bits per heavy atom. The molecule has 6 heteroatoms. The molecule has 1 amide bonds. The van der Waals surface area contributed by atoms with E-state index in [0.717, 1.165) is 0 Å². The number of hydrogen-bond donors (Lipinski definition) is 1. The molecule has 0 fully saturated rings. The van der Waals surface area contributed by atoms with Crippen molar-refractivity contribution in [2.45, 2.75) is 26.3 Å². The summed E-state index contributed by atoms with van der Waals surface area (Å²) < 4.78 is 4.73. The minimum Gasteiger partial charge on any atom is -0.467 e. The summed E-state index contributed by atoms with van der Waals surface area (Å²) in [5.41, 5.74) is 1.20. The second kappa shape index (κ2) is 8.89. The van der Waals surface area contributed by atoms with Crippen molar-refractivity contribution in [2.75, 3.05) is 7.11 Å². The maximum atomic E-state index is 12.6. The van der Waals surface area contributed by atoms with Crippen molar-refractivity contribution in [1.82, 2.24) is 10.3 Å². The van der Waals surface area contributed by atoms with Gasteiger partial charge in [0.2, 0.25) is 0 Å². The van der Waals surface area contributed by atoms with Crippen LogP contribution in [0.3, 0.4) is 0 Å². The average Bonchev–Trinajstić information content (AvgIpc) is 2.66. The molecule has 0 spiro atoms. The van der Waals surface area contributed by atoms with Crippen molar-refractivity contribution in [1.29, 1.82) is 0 Å². The summed E-state index contributed by atoms with van der Waals surface area (Å²) >= 11 is 0. The summed E-state index contributed by atoms with van der Waals surface area (Å²) in [5, 5.41) is 2.65. The van der Waals surface area contributed by atoms with Crippen LogP contribution in [0, 0.1) is 5.92 Å². The minimum absolute atomic E-state index is 0.0468. The molecule has 2 aromatic rings. The Morgan fingerprint density at radius 1 is 1.08 bits per heavy atom. The quantitative estimate of drug-likeness (QED) is 0.610. The first-order valence-electron chi connectivity index (χ1n) is 8.35. The van der Waals surface area contributed by atoms with Crippen LogP contribution in [-0.2, 0) is 16.0 Å². The lowest BCUT2D eigenvalue weighted by Crippen LogP contribution is -2.45. The number of rotatable bonds is 7. The monoisotopic (exact) mass is 354 g/mol. The van der Waals surface area contributed by atoms with Gasteiger partial charge in [-0.1, -0.05) is 50.2 Å². The Labute approximate surface area is 152 Å². The Hall–Kier alpha value is -3.02. The smallest absolute Gasteiger partial charge is 0.328 e. The molecule has 2 rings (SSSR count). The van der Waals surface area contributed by atoms with E-state index in [1.807, 2.05) is 6.07 Å². The van der Waals surface area contributed by atoms with Gasteiger partial charge in [0, 0.05) is 18.2 Å². The molecule has 6 nitrogen and oxygen atoms in total. The number of carbonyl (C=O) groups excluding carboxylic acids is 3. The highest BCUT2D eigenvalue weighted by atomic mass is 16.5. The van der Waals surface area contributed by atoms with Gasteiger partial charge in [0.1, 0.15) is 11.7 Å². The predicted octanol–water partition coefficient (Wildman–Crippen LogP) is 2.43. The van der Waals surface area contributed by atoms with Crippen molar-refractivity contribution in [3.8, 4) is 0 Å². The molecule has 0 saturated carbocycles. The summed E-state index contributed by atoms with van der Waals surface area (Å²) in [6, 6.07) is 11.4. The predicted molar refractivity (Wildman–Crippen MR) is 96.8 cm³/mol. The van der Waals surface area contributed by atoms with Gasteiger partial charge in [-0.25, -0.2) is 4.79 Å². The van der Waals surface area contributed by atoms with E-state index in [0.29, 0.717) is 11.1 Å². The number of amides is 1. The van der Waals surface area contributed by atoms with Crippen LogP contribution in [0.1, 0.15) is 40.3 Å². The second-order valence-corrected chi connectivity index (χ2v) is 6.20. The first-order valence-corrected chi connectivity index (χ1v) is 8.35. The van der Waals surface area contributed by atoms with Crippen molar-refractivity contribution in [2.24, 2.45) is 5.92 Å². The topological polar surface area (TPSA) is 85.4 Å². The number of pyridine rings is 1. The SMILES string of the molecule is COC(=O)C(NC(=O)c1ncccc1CC(=O)c1ccccc1)C(C)C. The van der Waals surface area contributed by atoms with E-state index < -0.39 is 17.9 Å². The van der Waals surface area contributed by atoms with Crippen LogP contribution in [0.5, 0.6) is 0 Å². The largest absolute Gasteiger partial charge is 0.467 e. The third-order valence-corrected chi connectivity index (χ3v) is 3.96. The third-order valence-electron chi connectivity index (χ3n) is 3.96. The highest BCUT2D eigenvalue weighted by molar-refractivity contribution is 6.01. The van der Waals surface area contributed by atoms with Crippen molar-refractivity contribution in [3.63, 3.8) is 0 Å². The molecule has 1 unspecified atom stereocenters. The maximum absolute atomic E-state index is 12.6. The van der Waals surface area contributed by atoms with Crippen LogP contribution >= 0.6 is 0 Å². The number of ketones is 1. The number of Topliss-reactive ketones (excluding diaryl/α,β-unsaturated/α-hetero) is 1. The Bertz CT molecular complexity index is 787. The van der Waals surface area contributed by atoms with E-state index in [4.69, 9.17) is 4.74 Å². The van der Waals surface area contributed by atoms with E-state index >= 15 is 0 Å². The standard InChI is InChI=1S/C20H22N2O4/c1-13(2)17(20(25)26-3)22-19(24)18-15(10-7-11-21-18)12-16(23)14-8-5-4-6-9-14/h4-11,13,17H,12H2,1-3H3,(H,22,24). The third kappa shape index (κ3) is 4.75. The number of esters is 1. The first kappa shape index (κ1) is 19.3. The normalized spacial score (nSPS) is 11.7. The van der Waals surface area contributed by atoms with Gasteiger partial charge in [0.25, 0.3) is 5.91 Å². The number of nitrogens with zero attached hydrogens (tertiary/aromatic N) is 1. The molecule has 0 aliphatic heterocycles. The molecule has 0 radical (unpaired) electrons. The molecular weight excluding hydrogens is 332 g/mol. The number of ether oxygens (including phenoxy) is 1. The molecule has 0 aliphatic carbocycles. The van der Waals surface area contributed by atoms with Gasteiger partial charge in [-0.2, -0.15) is 0 Å². The minimum atomic E-state index is -0.785. The molecule has 1 atom stereocenters. The van der Waals surface area contributed by atoms with Crippen LogP contribution in [0.15, 0.2) is 48.7 Å². The van der Waals surface area contributed by atoms with Gasteiger partial charge in [-0.15, -0.1) is 0 Å². The van der Waals surface area contributed by atoms with E-state index in [1.165, 1.54) is 13.3 Å². The van der Waals surface area contributed by atoms with Gasteiger partial charge < -0.3 is 10.1 Å². The van der Waals surface area contributed by atoms with Crippen molar-refractivity contribution >= 4 is 17.7 Å². The zero-order chi connectivity index (χ0) is 19.1. The van der Waals surface area contributed by atoms with Crippen LogP contribution < -0.4 is 5.32 Å². The lowest BCUT2D eigenvalue weighted by Gasteiger charge is -2.20. The average molecular weight is 354 g/mol. The van der Waals surface area contributed by atoms with Gasteiger partial charge in [0.15, 0.2) is 5.78 Å². The van der Waals surface area contributed by atoms with E-state index in [2.05, 4.69) is 10.3 Å². The van der Waals surface area contributed by atoms with Gasteiger partial charge >= 0.3 is 5.97 Å². The highest BCUT2D eigenvalue weighted by Crippen LogP contribution is 2.12. The van der Waals surface area contributed by atoms with Gasteiger partial charge in [-0.05, 0) is 17.5 Å². The first-order chi connectivity index (χ1) is 12.4. The number of hydrogen-bond acceptors (Lipinski definition) is 5. The number of methoxy groups -OCH3 is 1. The molecule has 136 valence electrons. The summed E-state index contributed by atoms with van der Waals surface area (Å²) in [6.45, 7) is 3.61. The molecule has 1 aromatic heterocycles. The molecule has 1 aromatic carbocycles. The van der Waals surface area contributed by atoms with E-state index in [9.17, 15) is 14.4 Å². The van der Waals surface area contributed by atoms with Gasteiger partial charge in [-0.3, -0.25) is 14.6 Å². The second-order valence-electron chi connectivity index (χ2n) is 6.20. The van der Waals surface area contributed by atoms with Crippen LogP contribution in [-0.4, -0.2) is 35.8 Å². The molecule has 1 N–H and O–H groups in total. The zero-order valence-corrected chi connectivity index (χ0v) is 15.1. The maximum Gasteiger partial charge on any atom is 0.328 e. The van der Waals surface area contributed by atoms with Crippen molar-refractivity contribution in [3.05, 3.63) is 65.5 Å². The number of aromatic nitrogens is 1. The lowest BCUT2D eigenvalue weighted by atomic mass is 10.0. The number of nitrogens with one attached hydrogen (secondary N) is 1. The number of benzene rings is 1. The van der Waals surface area contributed by atoms with Crippen molar-refractivity contribution < 1.29 is 19.1 Å². The van der Waals surface area contributed by atoms with Crippen LogP contribution in [0.25, 0.3) is 0 Å². The van der Waals surface area contributed by atoms with E-state index in [-0.39, 0.29) is 23.8 Å². The molecule has 26 heavy (non-hydrogen) atoms. The molecular formula is C20H22N2O4. The molecule has 1 heterocycles. The molecule has 0 saturated heterocycles. The summed E-state index contributed by atoms with van der Waals surface area (Å²) in [6.07, 6.45) is 1.53. The summed E-state index contributed by atoms with van der Waals surface area (Å²) in [5.74, 6) is -1.29. The number of carbonyl (C=O) groups is 3. The van der Waals surface area contributed by atoms with E-state index in [1.54, 1.807) is 50.2 Å². The Balaban J connectivity index is 2.21. The summed E-state index contributed by atoms with van der Waals surface area (Å²) in [7, 11) is 1.27. The molecule has 0 bridgehead atoms.